The molecular weight excluding hydrogens is 707 g/mol. The minimum Gasteiger partial charge on any atom is -0.449 e. The highest BCUT2D eigenvalue weighted by Crippen LogP contribution is 2.70. The topological polar surface area (TPSA) is 21.7 Å². The van der Waals surface area contributed by atoms with Gasteiger partial charge in [-0.2, -0.15) is 0 Å². The first-order chi connectivity index (χ1) is 28.5. The lowest BCUT2D eigenvalue weighted by molar-refractivity contribution is -0.0399. The van der Waals surface area contributed by atoms with E-state index in [1.165, 1.54) is 71.0 Å². The fourth-order valence-electron chi connectivity index (χ4n) is 13.2. The van der Waals surface area contributed by atoms with Gasteiger partial charge in [0.2, 0.25) is 0 Å². The van der Waals surface area contributed by atoms with Crippen molar-refractivity contribution < 1.29 is 9.47 Å². The summed E-state index contributed by atoms with van der Waals surface area (Å²) in [5, 5.41) is 0. The molecule has 1 heterocycles. The second-order valence-electron chi connectivity index (χ2n) is 18.5. The monoisotopic (exact) mass is 751 g/mol. The molecule has 0 unspecified atom stereocenters. The maximum absolute atomic E-state index is 7.04. The third kappa shape index (κ3) is 4.34. The minimum absolute atomic E-state index is 0.0714. The van der Waals surface area contributed by atoms with Crippen molar-refractivity contribution in [3.8, 4) is 56.4 Å². The highest BCUT2D eigenvalue weighted by Gasteiger charge is 2.61. The standard InChI is InChI=1S/C55H45NO2/c1-54(2)45-16-8-6-14-41(45)43-23-21-39(32-47(43)54)56(38-12-4-3-5-13-38)52-40(24-25-51-53(52)58-50-19-11-10-18-49(50)57-51)35-20-22-44-42-15-7-9-17-46(42)55(48(44)31-35)36-27-33-26-34(29-36)30-37(55)28-33/h3-25,31-34,36-37H,26-30H2,1-2H3. The lowest BCUT2D eigenvalue weighted by atomic mass is 9.43. The van der Waals surface area contributed by atoms with E-state index in [0.29, 0.717) is 11.8 Å². The molecule has 0 radical (unpaired) electrons. The summed E-state index contributed by atoms with van der Waals surface area (Å²) in [6.45, 7) is 4.72. The van der Waals surface area contributed by atoms with Crippen molar-refractivity contribution in [1.29, 1.82) is 0 Å². The Labute approximate surface area is 340 Å². The summed E-state index contributed by atoms with van der Waals surface area (Å²) in [6.07, 6.45) is 6.89. The summed E-state index contributed by atoms with van der Waals surface area (Å²) < 4.78 is 13.7. The predicted molar refractivity (Wildman–Crippen MR) is 234 cm³/mol. The number of fused-ring (bicyclic) bond motifs is 8. The van der Waals surface area contributed by atoms with Crippen LogP contribution >= 0.6 is 0 Å². The molecule has 0 N–H and O–H groups in total. The maximum atomic E-state index is 7.04. The van der Waals surface area contributed by atoms with Crippen LogP contribution < -0.4 is 14.4 Å². The lowest BCUT2D eigenvalue weighted by Gasteiger charge is -2.61. The predicted octanol–water partition coefficient (Wildman–Crippen LogP) is 14.8. The lowest BCUT2D eigenvalue weighted by Crippen LogP contribution is -2.55. The van der Waals surface area contributed by atoms with Crippen LogP contribution in [0, 0.1) is 23.7 Å². The van der Waals surface area contributed by atoms with E-state index in [0.717, 1.165) is 57.5 Å². The Hall–Kier alpha value is -6.06. The smallest absolute Gasteiger partial charge is 0.194 e. The Morgan fingerprint density at radius 3 is 1.79 bits per heavy atom. The Morgan fingerprint density at radius 1 is 0.448 bits per heavy atom. The molecule has 1 spiro atoms. The van der Waals surface area contributed by atoms with Gasteiger partial charge >= 0.3 is 0 Å². The fourth-order valence-corrected chi connectivity index (χ4v) is 13.2. The van der Waals surface area contributed by atoms with Crippen molar-refractivity contribution in [3.63, 3.8) is 0 Å². The Kier molecular flexibility index (Phi) is 6.68. The van der Waals surface area contributed by atoms with Gasteiger partial charge in [-0.3, -0.25) is 0 Å². The molecule has 282 valence electrons. The Balaban J connectivity index is 1.06. The van der Waals surface area contributed by atoms with Gasteiger partial charge in [0, 0.05) is 27.8 Å². The van der Waals surface area contributed by atoms with Crippen molar-refractivity contribution in [1.82, 2.24) is 0 Å². The molecule has 3 nitrogen and oxygen atoms in total. The molecule has 7 aromatic rings. The fraction of sp³-hybridized carbons (Fsp3) is 0.236. The molecule has 58 heavy (non-hydrogen) atoms. The van der Waals surface area contributed by atoms with E-state index in [4.69, 9.17) is 9.47 Å². The highest BCUT2D eigenvalue weighted by molar-refractivity contribution is 5.96. The molecule has 1 aliphatic heterocycles. The van der Waals surface area contributed by atoms with E-state index in [1.807, 2.05) is 24.3 Å². The minimum atomic E-state index is -0.149. The van der Waals surface area contributed by atoms with Crippen LogP contribution in [0.3, 0.4) is 0 Å². The van der Waals surface area contributed by atoms with Gasteiger partial charge in [0.25, 0.3) is 0 Å². The van der Waals surface area contributed by atoms with E-state index in [2.05, 4.69) is 146 Å². The van der Waals surface area contributed by atoms with Gasteiger partial charge in [0.1, 0.15) is 5.69 Å². The number of para-hydroxylation sites is 3. The number of anilines is 3. The second kappa shape index (κ2) is 11.8. The summed E-state index contributed by atoms with van der Waals surface area (Å²) in [5.41, 5.74) is 16.8. The molecule has 3 heteroatoms. The van der Waals surface area contributed by atoms with Gasteiger partial charge in [-0.25, -0.2) is 0 Å². The Morgan fingerprint density at radius 2 is 1.03 bits per heavy atom. The molecule has 7 aliphatic rings. The van der Waals surface area contributed by atoms with Crippen molar-refractivity contribution in [3.05, 3.63) is 174 Å². The average molecular weight is 752 g/mol. The number of hydrogen-bond donors (Lipinski definition) is 0. The number of benzene rings is 7. The van der Waals surface area contributed by atoms with E-state index in [1.54, 1.807) is 11.1 Å². The summed E-state index contributed by atoms with van der Waals surface area (Å²) in [5.74, 6) is 6.08. The van der Waals surface area contributed by atoms with E-state index < -0.39 is 0 Å². The highest BCUT2D eigenvalue weighted by atomic mass is 16.6. The van der Waals surface area contributed by atoms with Crippen molar-refractivity contribution in [2.24, 2.45) is 23.7 Å². The number of nitrogens with zero attached hydrogens (tertiary/aromatic N) is 1. The van der Waals surface area contributed by atoms with E-state index in [-0.39, 0.29) is 10.8 Å². The first-order valence-electron chi connectivity index (χ1n) is 21.4. The van der Waals surface area contributed by atoms with E-state index in [9.17, 15) is 0 Å². The molecule has 0 aromatic heterocycles. The number of rotatable bonds is 4. The molecule has 4 saturated carbocycles. The molecule has 0 saturated heterocycles. The molecule has 4 fully saturated rings. The molecular formula is C55H45NO2. The van der Waals surface area contributed by atoms with Gasteiger partial charge in [-0.1, -0.05) is 111 Å². The largest absolute Gasteiger partial charge is 0.449 e. The van der Waals surface area contributed by atoms with E-state index >= 15 is 0 Å². The van der Waals surface area contributed by atoms with Gasteiger partial charge in [0.15, 0.2) is 23.0 Å². The third-order valence-electron chi connectivity index (χ3n) is 15.3. The van der Waals surface area contributed by atoms with Crippen LogP contribution in [0.2, 0.25) is 0 Å². The average Bonchev–Trinajstić information content (AvgIpc) is 3.67. The van der Waals surface area contributed by atoms with Crippen molar-refractivity contribution in [2.45, 2.75) is 56.8 Å². The van der Waals surface area contributed by atoms with Crippen LogP contribution in [-0.2, 0) is 10.8 Å². The van der Waals surface area contributed by atoms with Crippen LogP contribution in [0.4, 0.5) is 17.1 Å². The normalized spacial score (nSPS) is 24.2. The van der Waals surface area contributed by atoms with Gasteiger partial charge < -0.3 is 14.4 Å². The SMILES string of the molecule is CC1(C)c2ccccc2-c2ccc(N(c3ccccc3)c3c(-c4ccc5c(c4)C4(c6ccccc6-5)C5CC6CC(C5)CC4C6)ccc4c3Oc3ccccc3O4)cc21. The molecule has 0 amide bonds. The van der Waals surface area contributed by atoms with Crippen molar-refractivity contribution >= 4 is 17.1 Å². The van der Waals surface area contributed by atoms with Gasteiger partial charge in [0.05, 0.1) is 0 Å². The first-order valence-corrected chi connectivity index (χ1v) is 21.4. The zero-order chi connectivity index (χ0) is 38.3. The van der Waals surface area contributed by atoms with Crippen LogP contribution in [0.1, 0.15) is 68.2 Å². The number of hydrogen-bond acceptors (Lipinski definition) is 3. The van der Waals surface area contributed by atoms with Gasteiger partial charge in [-0.15, -0.1) is 0 Å². The van der Waals surface area contributed by atoms with Crippen LogP contribution in [-0.4, -0.2) is 0 Å². The number of ether oxygens (including phenoxy) is 2. The van der Waals surface area contributed by atoms with Crippen LogP contribution in [0.15, 0.2) is 152 Å². The maximum Gasteiger partial charge on any atom is 0.194 e. The Bertz CT molecular complexity index is 2820. The van der Waals surface area contributed by atoms with Gasteiger partial charge in [-0.05, 0) is 160 Å². The summed E-state index contributed by atoms with van der Waals surface area (Å²) in [6, 6.07) is 56.0. The van der Waals surface area contributed by atoms with Crippen molar-refractivity contribution in [2.75, 3.05) is 4.90 Å². The zero-order valence-electron chi connectivity index (χ0n) is 33.0. The molecule has 7 aromatic carbocycles. The summed E-state index contributed by atoms with van der Waals surface area (Å²) in [7, 11) is 0. The zero-order valence-corrected chi connectivity index (χ0v) is 33.0. The first kappa shape index (κ1) is 33.0. The second-order valence-corrected chi connectivity index (χ2v) is 18.5. The summed E-state index contributed by atoms with van der Waals surface area (Å²) >= 11 is 0. The molecule has 0 atom stereocenters. The molecule has 6 aliphatic carbocycles. The third-order valence-corrected chi connectivity index (χ3v) is 15.3. The van der Waals surface area contributed by atoms with Crippen LogP contribution in [0.25, 0.3) is 33.4 Å². The quantitative estimate of drug-likeness (QED) is 0.179. The van der Waals surface area contributed by atoms with Crippen LogP contribution in [0.5, 0.6) is 23.0 Å². The molecule has 4 bridgehead atoms. The summed E-state index contributed by atoms with van der Waals surface area (Å²) in [4.78, 5) is 2.42. The molecule has 14 rings (SSSR count).